The fourth-order valence-corrected chi connectivity index (χ4v) is 3.15. The van der Waals surface area contributed by atoms with Crippen LogP contribution >= 0.6 is 0 Å². The minimum absolute atomic E-state index is 0.0321. The van der Waals surface area contributed by atoms with Gasteiger partial charge >= 0.3 is 5.97 Å². The first-order valence-electron chi connectivity index (χ1n) is 12.3. The maximum Gasteiger partial charge on any atom is 0.326 e. The Bertz CT molecular complexity index is 895. The van der Waals surface area contributed by atoms with Gasteiger partial charge in [-0.15, -0.1) is 0 Å². The van der Waals surface area contributed by atoms with Crippen LogP contribution in [0.15, 0.2) is 15.0 Å². The van der Waals surface area contributed by atoms with Gasteiger partial charge in [0.2, 0.25) is 17.7 Å². The number of aliphatic carboxylic acids is 1. The molecule has 0 aromatic rings. The van der Waals surface area contributed by atoms with Crippen molar-refractivity contribution in [2.45, 2.75) is 69.6 Å². The van der Waals surface area contributed by atoms with Crippen LogP contribution in [0.3, 0.4) is 0 Å². The summed E-state index contributed by atoms with van der Waals surface area (Å²) in [5, 5.41) is 17.1. The maximum absolute atomic E-state index is 13.1. The number of hydrogen-bond acceptors (Lipinski definition) is 8. The Morgan fingerprint density at radius 1 is 0.615 bits per heavy atom. The summed E-state index contributed by atoms with van der Waals surface area (Å²) in [6, 6.07) is -4.40. The molecule has 0 aliphatic heterocycles. The molecule has 0 saturated heterocycles. The van der Waals surface area contributed by atoms with E-state index in [1.54, 1.807) is 0 Å². The van der Waals surface area contributed by atoms with Gasteiger partial charge in [-0.3, -0.25) is 29.4 Å². The molecule has 18 heteroatoms. The SMILES string of the molecule is CC(N)C(=O)NC(CCCN=C(N)N)C(=O)NC(CCCN=C(N)N)C(=O)NC(CCCN=C(N)N)C(=O)O. The fraction of sp³-hybridized carbons (Fsp3) is 0.667. The van der Waals surface area contributed by atoms with Crippen LogP contribution < -0.4 is 56.1 Å². The molecule has 18 N–H and O–H groups in total. The van der Waals surface area contributed by atoms with Crippen LogP contribution in [-0.2, 0) is 19.2 Å². The first-order chi connectivity index (χ1) is 18.2. The van der Waals surface area contributed by atoms with Crippen molar-refractivity contribution < 1.29 is 24.3 Å². The first-order valence-corrected chi connectivity index (χ1v) is 12.3. The van der Waals surface area contributed by atoms with Crippen molar-refractivity contribution in [1.29, 1.82) is 0 Å². The number of nitrogens with two attached hydrogens (primary N) is 7. The summed E-state index contributed by atoms with van der Waals surface area (Å²) in [6.07, 6.45) is 1.11. The molecule has 0 spiro atoms. The molecule has 0 rings (SSSR count). The number of nitrogens with zero attached hydrogens (tertiary/aromatic N) is 3. The minimum Gasteiger partial charge on any atom is -0.480 e. The summed E-state index contributed by atoms with van der Waals surface area (Å²) in [5.41, 5.74) is 37.4. The highest BCUT2D eigenvalue weighted by atomic mass is 16.4. The van der Waals surface area contributed by atoms with Gasteiger partial charge in [-0.2, -0.15) is 0 Å². The third-order valence-electron chi connectivity index (χ3n) is 5.13. The minimum atomic E-state index is -1.28. The highest BCUT2D eigenvalue weighted by Crippen LogP contribution is 2.06. The Morgan fingerprint density at radius 2 is 0.923 bits per heavy atom. The Labute approximate surface area is 226 Å². The molecule has 0 saturated carbocycles. The quantitative estimate of drug-likeness (QED) is 0.0404. The molecule has 0 heterocycles. The normalized spacial score (nSPS) is 13.5. The molecule has 0 aliphatic rings. The number of nitrogens with one attached hydrogen (secondary N) is 3. The number of aliphatic imine (C=N–C) groups is 3. The van der Waals surface area contributed by atoms with Crippen LogP contribution in [0.2, 0.25) is 0 Å². The topological polar surface area (TPSA) is 344 Å². The van der Waals surface area contributed by atoms with Crippen molar-refractivity contribution >= 4 is 41.6 Å². The predicted octanol–water partition coefficient (Wildman–Crippen LogP) is -4.97. The molecule has 0 aromatic carbocycles. The number of carboxylic acid groups (broad SMARTS) is 1. The van der Waals surface area contributed by atoms with Gasteiger partial charge in [0.25, 0.3) is 0 Å². The second kappa shape index (κ2) is 18.8. The molecule has 3 amide bonds. The van der Waals surface area contributed by atoms with Gasteiger partial charge in [-0.05, 0) is 45.4 Å². The third kappa shape index (κ3) is 16.9. The second-order valence-electron chi connectivity index (χ2n) is 8.66. The van der Waals surface area contributed by atoms with E-state index in [1.165, 1.54) is 6.92 Å². The lowest BCUT2D eigenvalue weighted by atomic mass is 10.1. The molecule has 0 fully saturated rings. The number of guanidine groups is 3. The van der Waals surface area contributed by atoms with E-state index in [0.717, 1.165) is 0 Å². The van der Waals surface area contributed by atoms with Crippen molar-refractivity contribution in [3.63, 3.8) is 0 Å². The van der Waals surface area contributed by atoms with Crippen molar-refractivity contribution in [1.82, 2.24) is 16.0 Å². The van der Waals surface area contributed by atoms with Gasteiger partial charge in [0, 0.05) is 19.6 Å². The number of carbonyl (C=O) groups is 4. The molecule has 4 atom stereocenters. The standard InChI is InChI=1S/C21H43N13O5/c1-11(22)15(35)32-12(5-2-8-29-19(23)24)16(36)33-13(6-3-9-30-20(25)26)17(37)34-14(18(38)39)7-4-10-31-21(27)28/h11-14H,2-10,22H2,1H3,(H,32,35)(H,33,36)(H,34,37)(H,38,39)(H4,23,24,29)(H4,25,26,30)(H4,27,28,31). The third-order valence-corrected chi connectivity index (χ3v) is 5.13. The van der Waals surface area contributed by atoms with E-state index >= 15 is 0 Å². The summed E-state index contributed by atoms with van der Waals surface area (Å²) in [5.74, 6) is -3.71. The second-order valence-corrected chi connectivity index (χ2v) is 8.66. The van der Waals surface area contributed by atoms with E-state index in [1.807, 2.05) is 0 Å². The van der Waals surface area contributed by atoms with Crippen molar-refractivity contribution in [2.24, 2.45) is 55.1 Å². The van der Waals surface area contributed by atoms with Gasteiger partial charge in [0.1, 0.15) is 18.1 Å². The number of rotatable bonds is 19. The smallest absolute Gasteiger partial charge is 0.326 e. The number of amides is 3. The van der Waals surface area contributed by atoms with Crippen LogP contribution in [0.25, 0.3) is 0 Å². The van der Waals surface area contributed by atoms with E-state index < -0.39 is 47.9 Å². The van der Waals surface area contributed by atoms with Crippen LogP contribution in [-0.4, -0.2) is 90.5 Å². The largest absolute Gasteiger partial charge is 0.480 e. The van der Waals surface area contributed by atoms with Gasteiger partial charge in [0.15, 0.2) is 17.9 Å². The van der Waals surface area contributed by atoms with Gasteiger partial charge < -0.3 is 61.2 Å². The van der Waals surface area contributed by atoms with Crippen LogP contribution in [0.4, 0.5) is 0 Å². The maximum atomic E-state index is 13.1. The Balaban J connectivity index is 5.63. The number of carbonyl (C=O) groups excluding carboxylic acids is 3. The summed E-state index contributed by atoms with van der Waals surface area (Å²) in [4.78, 5) is 61.5. The Kier molecular flexibility index (Phi) is 16.7. The Morgan fingerprint density at radius 3 is 1.23 bits per heavy atom. The van der Waals surface area contributed by atoms with Gasteiger partial charge in [-0.25, -0.2) is 4.79 Å². The zero-order chi connectivity index (χ0) is 30.0. The molecule has 39 heavy (non-hydrogen) atoms. The molecular weight excluding hydrogens is 514 g/mol. The van der Waals surface area contributed by atoms with Crippen molar-refractivity contribution in [3.05, 3.63) is 0 Å². The molecule has 222 valence electrons. The molecule has 0 aliphatic carbocycles. The van der Waals surface area contributed by atoms with E-state index in [0.29, 0.717) is 6.42 Å². The zero-order valence-electron chi connectivity index (χ0n) is 22.1. The van der Waals surface area contributed by atoms with Gasteiger partial charge in [-0.1, -0.05) is 0 Å². The average molecular weight is 558 g/mol. The number of hydrogen-bond donors (Lipinski definition) is 11. The molecular formula is C21H43N13O5. The molecule has 0 bridgehead atoms. The lowest BCUT2D eigenvalue weighted by Crippen LogP contribution is -2.56. The van der Waals surface area contributed by atoms with Crippen molar-refractivity contribution in [3.8, 4) is 0 Å². The van der Waals surface area contributed by atoms with E-state index in [-0.39, 0.29) is 69.6 Å². The summed E-state index contributed by atoms with van der Waals surface area (Å²) in [7, 11) is 0. The molecule has 4 unspecified atom stereocenters. The lowest BCUT2D eigenvalue weighted by molar-refractivity contribution is -0.142. The highest BCUT2D eigenvalue weighted by Gasteiger charge is 2.29. The molecule has 0 radical (unpaired) electrons. The van der Waals surface area contributed by atoms with Crippen LogP contribution in [0.5, 0.6) is 0 Å². The van der Waals surface area contributed by atoms with Crippen LogP contribution in [0, 0.1) is 0 Å². The monoisotopic (exact) mass is 557 g/mol. The van der Waals surface area contributed by atoms with E-state index in [2.05, 4.69) is 30.9 Å². The van der Waals surface area contributed by atoms with Gasteiger partial charge in [0.05, 0.1) is 6.04 Å². The summed E-state index contributed by atoms with van der Waals surface area (Å²) < 4.78 is 0. The van der Waals surface area contributed by atoms with E-state index in [4.69, 9.17) is 40.1 Å². The first kappa shape index (κ1) is 34.6. The summed E-state index contributed by atoms with van der Waals surface area (Å²) in [6.45, 7) is 1.97. The number of carboxylic acids is 1. The fourth-order valence-electron chi connectivity index (χ4n) is 3.15. The zero-order valence-corrected chi connectivity index (χ0v) is 22.1. The highest BCUT2D eigenvalue weighted by molar-refractivity contribution is 5.94. The summed E-state index contributed by atoms with van der Waals surface area (Å²) >= 11 is 0. The Hall–Kier alpha value is -4.35. The van der Waals surface area contributed by atoms with Crippen LogP contribution in [0.1, 0.15) is 45.4 Å². The lowest BCUT2D eigenvalue weighted by Gasteiger charge is -2.25. The van der Waals surface area contributed by atoms with E-state index in [9.17, 15) is 24.3 Å². The molecule has 18 nitrogen and oxygen atoms in total. The average Bonchev–Trinajstić information content (AvgIpc) is 2.83. The van der Waals surface area contributed by atoms with Crippen molar-refractivity contribution in [2.75, 3.05) is 19.6 Å². The molecule has 0 aromatic heterocycles. The predicted molar refractivity (Wildman–Crippen MR) is 147 cm³/mol.